The summed E-state index contributed by atoms with van der Waals surface area (Å²) in [7, 11) is 0. The third kappa shape index (κ3) is 2.35. The highest BCUT2D eigenvalue weighted by Crippen LogP contribution is 2.33. The Labute approximate surface area is 131 Å². The molecule has 23 heavy (non-hydrogen) atoms. The van der Waals surface area contributed by atoms with Gasteiger partial charge in [0.25, 0.3) is 0 Å². The standard InChI is InChI=1S/C15H14N8/c1-8-4-13(22-20-8)19-15-14(11(16)7-18-23-15)9-2-3-10-6-17-21-12(10)5-9/h2-7H,1H3,(H,17,21)(H4,16,19,20,22,23). The molecular formula is C15H14N8. The maximum Gasteiger partial charge on any atom is 0.164 e. The maximum absolute atomic E-state index is 6.14. The first-order valence-electron chi connectivity index (χ1n) is 7.04. The molecule has 3 heterocycles. The van der Waals surface area contributed by atoms with Gasteiger partial charge in [-0.2, -0.15) is 15.3 Å². The molecule has 0 fully saturated rings. The second kappa shape index (κ2) is 5.09. The number of hydrogen-bond acceptors (Lipinski definition) is 6. The van der Waals surface area contributed by atoms with E-state index >= 15 is 0 Å². The minimum absolute atomic E-state index is 0.536. The van der Waals surface area contributed by atoms with Crippen LogP contribution in [0.4, 0.5) is 17.3 Å². The molecule has 0 radical (unpaired) electrons. The van der Waals surface area contributed by atoms with Gasteiger partial charge in [-0.05, 0) is 18.6 Å². The summed E-state index contributed by atoms with van der Waals surface area (Å²) >= 11 is 0. The van der Waals surface area contributed by atoms with E-state index in [9.17, 15) is 0 Å². The predicted octanol–water partition coefficient (Wildman–Crippen LogP) is 2.38. The van der Waals surface area contributed by atoms with Gasteiger partial charge in [-0.15, -0.1) is 5.10 Å². The van der Waals surface area contributed by atoms with Gasteiger partial charge >= 0.3 is 0 Å². The number of rotatable bonds is 3. The van der Waals surface area contributed by atoms with Gasteiger partial charge in [0.05, 0.1) is 29.2 Å². The molecular weight excluding hydrogens is 292 g/mol. The Hall–Kier alpha value is -3.42. The van der Waals surface area contributed by atoms with Crippen LogP contribution in [0, 0.1) is 6.92 Å². The van der Waals surface area contributed by atoms with Crippen molar-refractivity contribution in [3.8, 4) is 11.1 Å². The Morgan fingerprint density at radius 3 is 2.87 bits per heavy atom. The number of nitrogen functional groups attached to an aromatic ring is 1. The number of aromatic amines is 2. The molecule has 3 aromatic heterocycles. The molecule has 8 nitrogen and oxygen atoms in total. The highest BCUT2D eigenvalue weighted by atomic mass is 15.2. The van der Waals surface area contributed by atoms with Crippen LogP contribution >= 0.6 is 0 Å². The number of nitrogens with two attached hydrogens (primary N) is 1. The summed E-state index contributed by atoms with van der Waals surface area (Å²) in [5.74, 6) is 1.21. The molecule has 8 heteroatoms. The van der Waals surface area contributed by atoms with Crippen molar-refractivity contribution in [1.29, 1.82) is 0 Å². The average Bonchev–Trinajstić information content (AvgIpc) is 3.15. The molecule has 0 aliphatic rings. The predicted molar refractivity (Wildman–Crippen MR) is 88.1 cm³/mol. The molecule has 114 valence electrons. The van der Waals surface area contributed by atoms with Gasteiger partial charge in [0.15, 0.2) is 11.6 Å². The first-order chi connectivity index (χ1) is 11.2. The number of nitrogens with one attached hydrogen (secondary N) is 3. The maximum atomic E-state index is 6.14. The van der Waals surface area contributed by atoms with Crippen LogP contribution in [-0.2, 0) is 0 Å². The van der Waals surface area contributed by atoms with Gasteiger partial charge in [-0.1, -0.05) is 12.1 Å². The summed E-state index contributed by atoms with van der Waals surface area (Å²) in [6, 6.07) is 7.83. The van der Waals surface area contributed by atoms with Crippen molar-refractivity contribution in [2.45, 2.75) is 6.92 Å². The third-order valence-electron chi connectivity index (χ3n) is 3.56. The number of aromatic nitrogens is 6. The van der Waals surface area contributed by atoms with E-state index in [0.29, 0.717) is 17.3 Å². The van der Waals surface area contributed by atoms with Crippen LogP contribution in [0.3, 0.4) is 0 Å². The van der Waals surface area contributed by atoms with E-state index in [2.05, 4.69) is 35.9 Å². The van der Waals surface area contributed by atoms with E-state index in [1.165, 1.54) is 6.20 Å². The minimum atomic E-state index is 0.536. The first-order valence-corrected chi connectivity index (χ1v) is 7.04. The van der Waals surface area contributed by atoms with Crippen molar-refractivity contribution in [2.75, 3.05) is 11.1 Å². The third-order valence-corrected chi connectivity index (χ3v) is 3.56. The van der Waals surface area contributed by atoms with Crippen molar-refractivity contribution in [1.82, 2.24) is 30.6 Å². The van der Waals surface area contributed by atoms with Gasteiger partial charge in [0.2, 0.25) is 0 Å². The second-order valence-electron chi connectivity index (χ2n) is 5.26. The van der Waals surface area contributed by atoms with E-state index < -0.39 is 0 Å². The number of H-pyrrole nitrogens is 2. The number of aryl methyl sites for hydroxylation is 1. The van der Waals surface area contributed by atoms with Crippen LogP contribution < -0.4 is 11.1 Å². The zero-order valence-corrected chi connectivity index (χ0v) is 12.3. The zero-order valence-electron chi connectivity index (χ0n) is 12.3. The highest BCUT2D eigenvalue weighted by Gasteiger charge is 2.13. The summed E-state index contributed by atoms with van der Waals surface area (Å²) in [6.45, 7) is 1.93. The lowest BCUT2D eigenvalue weighted by atomic mass is 10.0. The average molecular weight is 306 g/mol. The summed E-state index contributed by atoms with van der Waals surface area (Å²) < 4.78 is 0. The van der Waals surface area contributed by atoms with E-state index in [4.69, 9.17) is 5.73 Å². The van der Waals surface area contributed by atoms with Gasteiger partial charge in [-0.3, -0.25) is 10.2 Å². The Kier molecular flexibility index (Phi) is 2.94. The monoisotopic (exact) mass is 306 g/mol. The lowest BCUT2D eigenvalue weighted by Gasteiger charge is -2.11. The highest BCUT2D eigenvalue weighted by molar-refractivity contribution is 5.91. The van der Waals surface area contributed by atoms with Crippen molar-refractivity contribution >= 4 is 28.2 Å². The van der Waals surface area contributed by atoms with Gasteiger partial charge < -0.3 is 11.1 Å². The van der Waals surface area contributed by atoms with E-state index in [-0.39, 0.29) is 0 Å². The number of hydrogen-bond donors (Lipinski definition) is 4. The second-order valence-corrected chi connectivity index (χ2v) is 5.26. The van der Waals surface area contributed by atoms with E-state index in [0.717, 1.165) is 27.7 Å². The van der Waals surface area contributed by atoms with E-state index in [1.807, 2.05) is 31.2 Å². The number of benzene rings is 1. The van der Waals surface area contributed by atoms with Gasteiger partial charge in [0.1, 0.15) is 0 Å². The number of nitrogens with zero attached hydrogens (tertiary/aromatic N) is 4. The van der Waals surface area contributed by atoms with Crippen molar-refractivity contribution in [3.63, 3.8) is 0 Å². The summed E-state index contributed by atoms with van der Waals surface area (Å²) in [4.78, 5) is 0. The lowest BCUT2D eigenvalue weighted by Crippen LogP contribution is -2.02. The van der Waals surface area contributed by atoms with Crippen LogP contribution in [0.15, 0.2) is 36.7 Å². The van der Waals surface area contributed by atoms with Gasteiger partial charge in [-0.25, -0.2) is 0 Å². The Morgan fingerprint density at radius 1 is 1.13 bits per heavy atom. The van der Waals surface area contributed by atoms with Crippen molar-refractivity contribution in [3.05, 3.63) is 42.4 Å². The fourth-order valence-corrected chi connectivity index (χ4v) is 2.49. The fraction of sp³-hybridized carbons (Fsp3) is 0.0667. The topological polar surface area (TPSA) is 121 Å². The first kappa shape index (κ1) is 13.3. The molecule has 0 saturated heterocycles. The van der Waals surface area contributed by atoms with Crippen LogP contribution in [0.5, 0.6) is 0 Å². The van der Waals surface area contributed by atoms with Crippen LogP contribution in [-0.4, -0.2) is 30.6 Å². The Balaban J connectivity index is 1.83. The summed E-state index contributed by atoms with van der Waals surface area (Å²) in [5.41, 5.74) is 10.2. The molecule has 4 rings (SSSR count). The SMILES string of the molecule is Cc1cc(Nc2nncc(N)c2-c2ccc3cn[nH]c3c2)n[nH]1. The number of anilines is 3. The minimum Gasteiger partial charge on any atom is -0.397 e. The quantitative estimate of drug-likeness (QED) is 0.461. The van der Waals surface area contributed by atoms with Crippen LogP contribution in [0.1, 0.15) is 5.69 Å². The molecule has 0 spiro atoms. The van der Waals surface area contributed by atoms with Crippen LogP contribution in [0.2, 0.25) is 0 Å². The number of fused-ring (bicyclic) bond motifs is 1. The largest absolute Gasteiger partial charge is 0.397 e. The normalized spacial score (nSPS) is 11.0. The summed E-state index contributed by atoms with van der Waals surface area (Å²) in [6.07, 6.45) is 3.31. The fourth-order valence-electron chi connectivity index (χ4n) is 2.49. The molecule has 0 atom stereocenters. The molecule has 0 saturated carbocycles. The smallest absolute Gasteiger partial charge is 0.164 e. The molecule has 4 aromatic rings. The molecule has 0 bridgehead atoms. The Bertz CT molecular complexity index is 984. The van der Waals surface area contributed by atoms with Crippen molar-refractivity contribution < 1.29 is 0 Å². The molecule has 1 aromatic carbocycles. The van der Waals surface area contributed by atoms with Gasteiger partial charge in [0, 0.05) is 17.1 Å². The van der Waals surface area contributed by atoms with E-state index in [1.54, 1.807) is 6.20 Å². The summed E-state index contributed by atoms with van der Waals surface area (Å²) in [5, 5.41) is 26.3. The van der Waals surface area contributed by atoms with Crippen molar-refractivity contribution in [2.24, 2.45) is 0 Å². The molecule has 0 amide bonds. The zero-order chi connectivity index (χ0) is 15.8. The van der Waals surface area contributed by atoms with Crippen LogP contribution in [0.25, 0.3) is 22.0 Å². The molecule has 0 unspecified atom stereocenters. The Morgan fingerprint density at radius 2 is 2.04 bits per heavy atom. The molecule has 0 aliphatic heterocycles. The molecule has 0 aliphatic carbocycles. The molecule has 5 N–H and O–H groups in total. The lowest BCUT2D eigenvalue weighted by molar-refractivity contribution is 1.02.